The first-order valence-electron chi connectivity index (χ1n) is 5.65. The highest BCUT2D eigenvalue weighted by Crippen LogP contribution is 2.26. The number of fused-ring (bicyclic) bond motifs is 2. The van der Waals surface area contributed by atoms with Crippen LogP contribution in [0.4, 0.5) is 0 Å². The number of nitrogens with zero attached hydrogens (tertiary/aromatic N) is 1. The Kier molecular flexibility index (Phi) is 2.82. The van der Waals surface area contributed by atoms with Crippen LogP contribution in [0.25, 0.3) is 0 Å². The summed E-state index contributed by atoms with van der Waals surface area (Å²) in [7, 11) is 0. The average molecular weight is 198 g/mol. The number of hydrogen-bond acceptors (Lipinski definition) is 3. The standard InChI is InChI=1S/C11H22N2O/c1-11(2,3)12-4-5-13-7-10-6-9(13)8-14-10/h9-10,12H,4-8H2,1-3H3/t9-,10-/m0/s1. The third-order valence-corrected chi connectivity index (χ3v) is 3.07. The maximum Gasteiger partial charge on any atom is 0.0718 e. The first-order chi connectivity index (χ1) is 6.54. The molecule has 2 rings (SSSR count). The van der Waals surface area contributed by atoms with E-state index in [1.165, 1.54) is 13.0 Å². The van der Waals surface area contributed by atoms with Gasteiger partial charge in [-0.15, -0.1) is 0 Å². The van der Waals surface area contributed by atoms with Crippen LogP contribution < -0.4 is 5.32 Å². The van der Waals surface area contributed by atoms with E-state index in [0.717, 1.165) is 19.7 Å². The summed E-state index contributed by atoms with van der Waals surface area (Å²) in [6.07, 6.45) is 1.80. The fraction of sp³-hybridized carbons (Fsp3) is 1.00. The molecule has 82 valence electrons. The molecule has 0 amide bonds. The van der Waals surface area contributed by atoms with E-state index in [4.69, 9.17) is 4.74 Å². The van der Waals surface area contributed by atoms with Crippen LogP contribution in [-0.4, -0.2) is 48.8 Å². The fourth-order valence-electron chi connectivity index (χ4n) is 2.33. The van der Waals surface area contributed by atoms with Crippen LogP contribution in [0.15, 0.2) is 0 Å². The maximum atomic E-state index is 5.57. The minimum atomic E-state index is 0.245. The molecule has 2 aliphatic rings. The Morgan fingerprint density at radius 3 is 2.71 bits per heavy atom. The molecule has 0 aromatic carbocycles. The summed E-state index contributed by atoms with van der Waals surface area (Å²) in [5, 5.41) is 3.53. The van der Waals surface area contributed by atoms with Gasteiger partial charge in [0, 0.05) is 31.2 Å². The lowest BCUT2D eigenvalue weighted by molar-refractivity contribution is 0.0306. The van der Waals surface area contributed by atoms with Gasteiger partial charge in [0.25, 0.3) is 0 Å². The summed E-state index contributed by atoms with van der Waals surface area (Å²) in [6, 6.07) is 0.710. The van der Waals surface area contributed by atoms with E-state index in [1.54, 1.807) is 0 Å². The number of rotatable bonds is 3. The predicted octanol–water partition coefficient (Wildman–Crippen LogP) is 0.848. The Morgan fingerprint density at radius 2 is 2.21 bits per heavy atom. The minimum Gasteiger partial charge on any atom is -0.375 e. The Morgan fingerprint density at radius 1 is 1.43 bits per heavy atom. The molecule has 2 heterocycles. The van der Waals surface area contributed by atoms with Crippen molar-refractivity contribution in [3.63, 3.8) is 0 Å². The van der Waals surface area contributed by atoms with Crippen molar-refractivity contribution in [2.24, 2.45) is 0 Å². The third-order valence-electron chi connectivity index (χ3n) is 3.07. The summed E-state index contributed by atoms with van der Waals surface area (Å²) >= 11 is 0. The number of ether oxygens (including phenoxy) is 1. The highest BCUT2D eigenvalue weighted by Gasteiger charge is 2.38. The van der Waals surface area contributed by atoms with Crippen LogP contribution in [0.2, 0.25) is 0 Å². The minimum absolute atomic E-state index is 0.245. The summed E-state index contributed by atoms with van der Waals surface area (Å²) in [5.74, 6) is 0. The summed E-state index contributed by atoms with van der Waals surface area (Å²) in [6.45, 7) is 11.0. The molecule has 0 saturated carbocycles. The molecule has 2 bridgehead atoms. The molecule has 0 radical (unpaired) electrons. The van der Waals surface area contributed by atoms with Crippen LogP contribution >= 0.6 is 0 Å². The van der Waals surface area contributed by atoms with Gasteiger partial charge in [-0.05, 0) is 27.2 Å². The maximum absolute atomic E-state index is 5.57. The monoisotopic (exact) mass is 198 g/mol. The van der Waals surface area contributed by atoms with Crippen LogP contribution in [0.3, 0.4) is 0 Å². The second-order valence-corrected chi connectivity index (χ2v) is 5.52. The Balaban J connectivity index is 1.67. The van der Waals surface area contributed by atoms with Crippen molar-refractivity contribution in [1.29, 1.82) is 0 Å². The number of morpholine rings is 1. The van der Waals surface area contributed by atoms with Gasteiger partial charge in [-0.1, -0.05) is 0 Å². The largest absolute Gasteiger partial charge is 0.375 e. The summed E-state index contributed by atoms with van der Waals surface area (Å²) < 4.78 is 5.57. The first-order valence-corrected chi connectivity index (χ1v) is 5.65. The molecule has 1 N–H and O–H groups in total. The van der Waals surface area contributed by atoms with Crippen molar-refractivity contribution in [1.82, 2.24) is 10.2 Å². The number of likely N-dealkylation sites (tertiary alicyclic amines) is 1. The smallest absolute Gasteiger partial charge is 0.0718 e. The molecule has 14 heavy (non-hydrogen) atoms. The van der Waals surface area contributed by atoms with E-state index in [1.807, 2.05) is 0 Å². The molecule has 2 fully saturated rings. The zero-order valence-electron chi connectivity index (χ0n) is 9.55. The van der Waals surface area contributed by atoms with E-state index in [0.29, 0.717) is 12.1 Å². The molecule has 0 unspecified atom stereocenters. The van der Waals surface area contributed by atoms with Gasteiger partial charge in [0.1, 0.15) is 0 Å². The molecular weight excluding hydrogens is 176 g/mol. The molecule has 0 aromatic rings. The zero-order valence-corrected chi connectivity index (χ0v) is 9.55. The van der Waals surface area contributed by atoms with Crippen LogP contribution in [0, 0.1) is 0 Å². The van der Waals surface area contributed by atoms with Crippen molar-refractivity contribution in [3.05, 3.63) is 0 Å². The lowest BCUT2D eigenvalue weighted by Gasteiger charge is -2.28. The van der Waals surface area contributed by atoms with Gasteiger partial charge in [0.15, 0.2) is 0 Å². The van der Waals surface area contributed by atoms with Crippen molar-refractivity contribution >= 4 is 0 Å². The van der Waals surface area contributed by atoms with Gasteiger partial charge < -0.3 is 10.1 Å². The molecule has 3 heteroatoms. The van der Waals surface area contributed by atoms with Gasteiger partial charge in [-0.3, -0.25) is 4.90 Å². The van der Waals surface area contributed by atoms with Crippen molar-refractivity contribution in [3.8, 4) is 0 Å². The van der Waals surface area contributed by atoms with Gasteiger partial charge in [-0.2, -0.15) is 0 Å². The van der Waals surface area contributed by atoms with Crippen molar-refractivity contribution in [2.75, 3.05) is 26.2 Å². The second-order valence-electron chi connectivity index (χ2n) is 5.52. The van der Waals surface area contributed by atoms with Crippen molar-refractivity contribution in [2.45, 2.75) is 44.9 Å². The molecule has 2 saturated heterocycles. The zero-order chi connectivity index (χ0) is 10.2. The quantitative estimate of drug-likeness (QED) is 0.727. The van der Waals surface area contributed by atoms with E-state index >= 15 is 0 Å². The van der Waals surface area contributed by atoms with Gasteiger partial charge in [-0.25, -0.2) is 0 Å². The Labute approximate surface area is 86.8 Å². The lowest BCUT2D eigenvalue weighted by atomic mass is 10.1. The van der Waals surface area contributed by atoms with E-state index in [9.17, 15) is 0 Å². The van der Waals surface area contributed by atoms with Gasteiger partial charge in [0.05, 0.1) is 12.7 Å². The predicted molar refractivity (Wildman–Crippen MR) is 57.5 cm³/mol. The fourth-order valence-corrected chi connectivity index (χ4v) is 2.33. The molecule has 0 aliphatic carbocycles. The average Bonchev–Trinajstić information content (AvgIpc) is 2.62. The summed E-state index contributed by atoms with van der Waals surface area (Å²) in [5.41, 5.74) is 0.245. The van der Waals surface area contributed by atoms with E-state index < -0.39 is 0 Å². The molecule has 0 aromatic heterocycles. The van der Waals surface area contributed by atoms with Crippen LogP contribution in [0.5, 0.6) is 0 Å². The van der Waals surface area contributed by atoms with Crippen molar-refractivity contribution < 1.29 is 4.74 Å². The van der Waals surface area contributed by atoms with Gasteiger partial charge >= 0.3 is 0 Å². The molecular formula is C11H22N2O. The highest BCUT2D eigenvalue weighted by atomic mass is 16.5. The summed E-state index contributed by atoms with van der Waals surface area (Å²) in [4.78, 5) is 2.56. The Hall–Kier alpha value is -0.120. The third kappa shape index (κ3) is 2.47. The SMILES string of the molecule is CC(C)(C)NCCN1C[C@@H]2C[C@H]1CO2. The van der Waals surface area contributed by atoms with Gasteiger partial charge in [0.2, 0.25) is 0 Å². The number of nitrogens with one attached hydrogen (secondary N) is 1. The van der Waals surface area contributed by atoms with E-state index in [2.05, 4.69) is 31.0 Å². The number of hydrogen-bond donors (Lipinski definition) is 1. The normalized spacial score (nSPS) is 32.8. The molecule has 3 nitrogen and oxygen atoms in total. The lowest BCUT2D eigenvalue weighted by Crippen LogP contribution is -2.45. The second kappa shape index (κ2) is 3.80. The van der Waals surface area contributed by atoms with Crippen LogP contribution in [-0.2, 0) is 4.74 Å². The highest BCUT2D eigenvalue weighted by molar-refractivity contribution is 4.91. The molecule has 0 spiro atoms. The molecule has 2 atom stereocenters. The topological polar surface area (TPSA) is 24.5 Å². The van der Waals surface area contributed by atoms with E-state index in [-0.39, 0.29) is 5.54 Å². The van der Waals surface area contributed by atoms with Crippen LogP contribution in [0.1, 0.15) is 27.2 Å². The Bertz CT molecular complexity index is 200. The first kappa shape index (κ1) is 10.4. The molecule has 2 aliphatic heterocycles.